The summed E-state index contributed by atoms with van der Waals surface area (Å²) in [5, 5.41) is 18.5. The van der Waals surface area contributed by atoms with Crippen LogP contribution in [0.15, 0.2) is 23.1 Å². The fraction of sp³-hybridized carbons (Fsp3) is 0.500. The van der Waals surface area contributed by atoms with Gasteiger partial charge in [0.15, 0.2) is 0 Å². The topological polar surface area (TPSA) is 40.5 Å². The molecule has 0 aliphatic rings. The van der Waals surface area contributed by atoms with E-state index in [1.807, 2.05) is 6.92 Å². The van der Waals surface area contributed by atoms with Crippen molar-refractivity contribution in [2.45, 2.75) is 36.5 Å². The predicted octanol–water partition coefficient (Wildman–Crippen LogP) is 2.74. The molecule has 0 aliphatic heterocycles. The molecule has 1 aromatic carbocycles. The van der Waals surface area contributed by atoms with Crippen LogP contribution >= 0.6 is 11.8 Å². The highest BCUT2D eigenvalue weighted by Gasteiger charge is 2.15. The molecule has 0 saturated heterocycles. The Morgan fingerprint density at radius 1 is 1.38 bits per heavy atom. The molecule has 1 unspecified atom stereocenters. The third kappa shape index (κ3) is 3.47. The molecular formula is C12H17FO2S. The molecule has 1 aromatic rings. The van der Waals surface area contributed by atoms with Crippen LogP contribution in [0.5, 0.6) is 0 Å². The van der Waals surface area contributed by atoms with E-state index in [-0.39, 0.29) is 17.7 Å². The highest BCUT2D eigenvalue weighted by atomic mass is 32.2. The fourth-order valence-electron chi connectivity index (χ4n) is 1.48. The number of benzene rings is 1. The molecule has 4 heteroatoms. The number of rotatable bonds is 5. The van der Waals surface area contributed by atoms with E-state index >= 15 is 0 Å². The van der Waals surface area contributed by atoms with Crippen molar-refractivity contribution in [3.63, 3.8) is 0 Å². The Kier molecular flexibility index (Phi) is 5.25. The van der Waals surface area contributed by atoms with Gasteiger partial charge in [-0.2, -0.15) is 0 Å². The molecule has 0 aliphatic carbocycles. The van der Waals surface area contributed by atoms with Gasteiger partial charge in [0, 0.05) is 22.3 Å². The summed E-state index contributed by atoms with van der Waals surface area (Å²) >= 11 is 1.48. The highest BCUT2D eigenvalue weighted by molar-refractivity contribution is 8.00. The van der Waals surface area contributed by atoms with Crippen molar-refractivity contribution in [2.75, 3.05) is 6.61 Å². The summed E-state index contributed by atoms with van der Waals surface area (Å²) in [6, 6.07) is 4.78. The third-order valence-corrected chi connectivity index (χ3v) is 3.54. The van der Waals surface area contributed by atoms with Gasteiger partial charge in [-0.1, -0.05) is 13.0 Å². The third-order valence-electron chi connectivity index (χ3n) is 2.29. The van der Waals surface area contributed by atoms with Gasteiger partial charge in [-0.25, -0.2) is 4.39 Å². The molecule has 0 radical (unpaired) electrons. The molecule has 0 fully saturated rings. The fourth-order valence-corrected chi connectivity index (χ4v) is 2.69. The molecule has 0 bridgehead atoms. The first kappa shape index (κ1) is 13.5. The van der Waals surface area contributed by atoms with E-state index < -0.39 is 6.10 Å². The lowest BCUT2D eigenvalue weighted by Crippen LogP contribution is -2.03. The minimum Gasteiger partial charge on any atom is -0.396 e. The summed E-state index contributed by atoms with van der Waals surface area (Å²) in [4.78, 5) is 0.746. The van der Waals surface area contributed by atoms with E-state index in [1.165, 1.54) is 17.8 Å². The van der Waals surface area contributed by atoms with Crippen molar-refractivity contribution in [3.8, 4) is 0 Å². The Hall–Kier alpha value is -0.580. The Bertz CT molecular complexity index is 342. The minimum absolute atomic E-state index is 0.119. The molecule has 90 valence electrons. The van der Waals surface area contributed by atoms with Crippen LogP contribution in [-0.2, 0) is 0 Å². The zero-order valence-corrected chi connectivity index (χ0v) is 10.3. The maximum absolute atomic E-state index is 13.5. The molecule has 0 heterocycles. The van der Waals surface area contributed by atoms with Crippen LogP contribution in [0, 0.1) is 5.82 Å². The van der Waals surface area contributed by atoms with Crippen molar-refractivity contribution in [3.05, 3.63) is 29.6 Å². The first-order valence-corrected chi connectivity index (χ1v) is 6.18. The lowest BCUT2D eigenvalue weighted by atomic mass is 10.1. The summed E-state index contributed by atoms with van der Waals surface area (Å²) in [5.74, 6) is -0.379. The zero-order valence-electron chi connectivity index (χ0n) is 9.48. The smallest absolute Gasteiger partial charge is 0.130 e. The van der Waals surface area contributed by atoms with Gasteiger partial charge in [0.1, 0.15) is 5.82 Å². The number of hydrogen-bond acceptors (Lipinski definition) is 3. The summed E-state index contributed by atoms with van der Waals surface area (Å²) in [7, 11) is 0. The zero-order chi connectivity index (χ0) is 12.1. The lowest BCUT2D eigenvalue weighted by Gasteiger charge is -2.15. The summed E-state index contributed by atoms with van der Waals surface area (Å²) in [6.45, 7) is 3.64. The van der Waals surface area contributed by atoms with Gasteiger partial charge >= 0.3 is 0 Å². The average Bonchev–Trinajstić information content (AvgIpc) is 2.17. The normalized spacial score (nSPS) is 14.8. The molecule has 0 amide bonds. The van der Waals surface area contributed by atoms with Crippen molar-refractivity contribution < 1.29 is 14.6 Å². The minimum atomic E-state index is -0.815. The average molecular weight is 244 g/mol. The van der Waals surface area contributed by atoms with Crippen LogP contribution in [0.4, 0.5) is 4.39 Å². The first-order chi connectivity index (χ1) is 7.56. The number of hydrogen-bond donors (Lipinski definition) is 2. The van der Waals surface area contributed by atoms with E-state index in [9.17, 15) is 9.50 Å². The first-order valence-electron chi connectivity index (χ1n) is 5.30. The van der Waals surface area contributed by atoms with Gasteiger partial charge in [-0.05, 0) is 25.5 Å². The van der Waals surface area contributed by atoms with Crippen LogP contribution in [0.1, 0.15) is 31.9 Å². The van der Waals surface area contributed by atoms with Crippen LogP contribution < -0.4 is 0 Å². The Morgan fingerprint density at radius 2 is 2.06 bits per heavy atom. The summed E-state index contributed by atoms with van der Waals surface area (Å²) < 4.78 is 13.5. The second-order valence-electron chi connectivity index (χ2n) is 3.77. The van der Waals surface area contributed by atoms with Crippen molar-refractivity contribution in [1.82, 2.24) is 0 Å². The quantitative estimate of drug-likeness (QED) is 0.782. The van der Waals surface area contributed by atoms with Crippen molar-refractivity contribution in [1.29, 1.82) is 0 Å². The molecule has 0 aromatic heterocycles. The van der Waals surface area contributed by atoms with Crippen LogP contribution in [0.2, 0.25) is 0 Å². The van der Waals surface area contributed by atoms with Gasteiger partial charge in [0.05, 0.1) is 6.10 Å². The SMILES string of the molecule is CC(CCO)Sc1cccc(F)c1[C@@H](C)O. The lowest BCUT2D eigenvalue weighted by molar-refractivity contribution is 0.191. The van der Waals surface area contributed by atoms with E-state index in [4.69, 9.17) is 5.11 Å². The number of aliphatic hydroxyl groups excluding tert-OH is 2. The second-order valence-corrected chi connectivity index (χ2v) is 5.25. The van der Waals surface area contributed by atoms with Gasteiger partial charge in [-0.3, -0.25) is 0 Å². The molecule has 0 saturated carbocycles. The van der Waals surface area contributed by atoms with E-state index in [0.717, 1.165) is 4.90 Å². The van der Waals surface area contributed by atoms with E-state index in [0.29, 0.717) is 12.0 Å². The summed E-state index contributed by atoms with van der Waals surface area (Å²) in [5.41, 5.74) is 0.345. The van der Waals surface area contributed by atoms with Gasteiger partial charge < -0.3 is 10.2 Å². The Labute approximate surface area is 99.5 Å². The standard InChI is InChI=1S/C12H17FO2S/c1-8(6-7-14)16-11-5-3-4-10(13)12(11)9(2)15/h3-5,8-9,14-15H,6-7H2,1-2H3/t8?,9-/m1/s1. The largest absolute Gasteiger partial charge is 0.396 e. The molecule has 0 spiro atoms. The number of aliphatic hydroxyl groups is 2. The van der Waals surface area contributed by atoms with E-state index in [2.05, 4.69) is 0 Å². The highest BCUT2D eigenvalue weighted by Crippen LogP contribution is 2.33. The maximum atomic E-state index is 13.5. The molecule has 1 rings (SSSR count). The number of thioether (sulfide) groups is 1. The van der Waals surface area contributed by atoms with Crippen LogP contribution in [-0.4, -0.2) is 22.1 Å². The Morgan fingerprint density at radius 3 is 2.62 bits per heavy atom. The molecule has 2 nitrogen and oxygen atoms in total. The van der Waals surface area contributed by atoms with Gasteiger partial charge in [-0.15, -0.1) is 11.8 Å². The second kappa shape index (κ2) is 6.23. The van der Waals surface area contributed by atoms with E-state index in [1.54, 1.807) is 19.1 Å². The van der Waals surface area contributed by atoms with Crippen LogP contribution in [0.25, 0.3) is 0 Å². The summed E-state index contributed by atoms with van der Waals surface area (Å²) in [6.07, 6.45) is -0.162. The monoisotopic (exact) mass is 244 g/mol. The van der Waals surface area contributed by atoms with Gasteiger partial charge in [0.25, 0.3) is 0 Å². The maximum Gasteiger partial charge on any atom is 0.130 e. The Balaban J connectivity index is 2.90. The van der Waals surface area contributed by atoms with Gasteiger partial charge in [0.2, 0.25) is 0 Å². The molecular weight excluding hydrogens is 227 g/mol. The van der Waals surface area contributed by atoms with Crippen LogP contribution in [0.3, 0.4) is 0 Å². The molecule has 2 atom stereocenters. The van der Waals surface area contributed by atoms with Crippen molar-refractivity contribution >= 4 is 11.8 Å². The number of halogens is 1. The van der Waals surface area contributed by atoms with Crippen molar-refractivity contribution in [2.24, 2.45) is 0 Å². The molecule has 2 N–H and O–H groups in total. The predicted molar refractivity (Wildman–Crippen MR) is 64.1 cm³/mol. The molecule has 16 heavy (non-hydrogen) atoms.